The second-order valence-corrected chi connectivity index (χ2v) is 6.34. The summed E-state index contributed by atoms with van der Waals surface area (Å²) in [6.07, 6.45) is 3.81. The first kappa shape index (κ1) is 15.5. The standard InChI is InChI=1S/C19H19N5O/c1-14-12-23(18(25)10-15-6-5-9-20-11-15)13-17-21-22-19(24(14)17)16-7-3-2-4-8-16/h2-9,11,14H,10,12-13H2,1H3/t14-/m0/s1. The Kier molecular flexibility index (Phi) is 4.01. The summed E-state index contributed by atoms with van der Waals surface area (Å²) >= 11 is 0. The molecule has 1 aliphatic heterocycles. The first-order valence-corrected chi connectivity index (χ1v) is 8.38. The fourth-order valence-corrected chi connectivity index (χ4v) is 3.29. The van der Waals surface area contributed by atoms with E-state index in [1.165, 1.54) is 0 Å². The van der Waals surface area contributed by atoms with Crippen LogP contribution in [0.15, 0.2) is 54.9 Å². The molecule has 6 heteroatoms. The Morgan fingerprint density at radius 3 is 2.76 bits per heavy atom. The van der Waals surface area contributed by atoms with E-state index in [4.69, 9.17) is 0 Å². The highest BCUT2D eigenvalue weighted by Crippen LogP contribution is 2.27. The summed E-state index contributed by atoms with van der Waals surface area (Å²) in [6, 6.07) is 13.9. The number of fused-ring (bicyclic) bond motifs is 1. The SMILES string of the molecule is C[C@H]1CN(C(=O)Cc2cccnc2)Cc2nnc(-c3ccccc3)n21. The van der Waals surface area contributed by atoms with Gasteiger partial charge in [0.15, 0.2) is 11.6 Å². The molecule has 0 N–H and O–H groups in total. The van der Waals surface area contributed by atoms with Crippen molar-refractivity contribution in [2.24, 2.45) is 0 Å². The van der Waals surface area contributed by atoms with Crippen molar-refractivity contribution in [3.63, 3.8) is 0 Å². The van der Waals surface area contributed by atoms with Crippen LogP contribution in [0.3, 0.4) is 0 Å². The third-order valence-electron chi connectivity index (χ3n) is 4.49. The number of benzene rings is 1. The van der Waals surface area contributed by atoms with Gasteiger partial charge in [0.05, 0.1) is 19.0 Å². The molecule has 25 heavy (non-hydrogen) atoms. The molecular formula is C19H19N5O. The van der Waals surface area contributed by atoms with Crippen molar-refractivity contribution < 1.29 is 4.79 Å². The second-order valence-electron chi connectivity index (χ2n) is 6.34. The fraction of sp³-hybridized carbons (Fsp3) is 0.263. The number of amides is 1. The van der Waals surface area contributed by atoms with E-state index < -0.39 is 0 Å². The average molecular weight is 333 g/mol. The van der Waals surface area contributed by atoms with Gasteiger partial charge in [-0.25, -0.2) is 0 Å². The molecule has 0 unspecified atom stereocenters. The van der Waals surface area contributed by atoms with Crippen LogP contribution in [-0.4, -0.2) is 37.1 Å². The van der Waals surface area contributed by atoms with Gasteiger partial charge in [-0.2, -0.15) is 0 Å². The van der Waals surface area contributed by atoms with Crippen molar-refractivity contribution in [2.45, 2.75) is 25.9 Å². The van der Waals surface area contributed by atoms with E-state index in [2.05, 4.69) is 26.7 Å². The number of aromatic nitrogens is 4. The Balaban J connectivity index is 1.56. The van der Waals surface area contributed by atoms with E-state index in [1.807, 2.05) is 47.4 Å². The molecule has 3 aromatic rings. The zero-order chi connectivity index (χ0) is 17.2. The molecule has 0 spiro atoms. The number of nitrogens with zero attached hydrogens (tertiary/aromatic N) is 5. The van der Waals surface area contributed by atoms with Gasteiger partial charge in [0.25, 0.3) is 0 Å². The van der Waals surface area contributed by atoms with Crippen molar-refractivity contribution in [1.29, 1.82) is 0 Å². The lowest BCUT2D eigenvalue weighted by molar-refractivity contribution is -0.132. The number of rotatable bonds is 3. The molecule has 126 valence electrons. The quantitative estimate of drug-likeness (QED) is 0.739. The summed E-state index contributed by atoms with van der Waals surface area (Å²) in [5, 5.41) is 8.69. The minimum absolute atomic E-state index is 0.0929. The summed E-state index contributed by atoms with van der Waals surface area (Å²) in [6.45, 7) is 3.25. The van der Waals surface area contributed by atoms with E-state index in [0.29, 0.717) is 19.5 Å². The molecule has 0 aliphatic carbocycles. The molecule has 6 nitrogen and oxygen atoms in total. The fourth-order valence-electron chi connectivity index (χ4n) is 3.29. The minimum Gasteiger partial charge on any atom is -0.333 e. The summed E-state index contributed by atoms with van der Waals surface area (Å²) in [7, 11) is 0. The summed E-state index contributed by atoms with van der Waals surface area (Å²) < 4.78 is 2.14. The van der Waals surface area contributed by atoms with Gasteiger partial charge >= 0.3 is 0 Å². The van der Waals surface area contributed by atoms with E-state index in [-0.39, 0.29) is 11.9 Å². The van der Waals surface area contributed by atoms with Crippen LogP contribution in [0.1, 0.15) is 24.4 Å². The summed E-state index contributed by atoms with van der Waals surface area (Å²) in [4.78, 5) is 18.6. The predicted octanol–water partition coefficient (Wildman–Crippen LogP) is 2.49. The topological polar surface area (TPSA) is 63.9 Å². The van der Waals surface area contributed by atoms with Crippen LogP contribution in [0.25, 0.3) is 11.4 Å². The minimum atomic E-state index is 0.0929. The maximum Gasteiger partial charge on any atom is 0.227 e. The van der Waals surface area contributed by atoms with Crippen LogP contribution < -0.4 is 0 Å². The molecule has 0 saturated carbocycles. The van der Waals surface area contributed by atoms with E-state index in [1.54, 1.807) is 12.4 Å². The third-order valence-corrected chi connectivity index (χ3v) is 4.49. The van der Waals surface area contributed by atoms with Crippen molar-refractivity contribution in [2.75, 3.05) is 6.54 Å². The van der Waals surface area contributed by atoms with E-state index in [0.717, 1.165) is 22.8 Å². The van der Waals surface area contributed by atoms with Crippen molar-refractivity contribution >= 4 is 5.91 Å². The van der Waals surface area contributed by atoms with Gasteiger partial charge in [-0.05, 0) is 18.6 Å². The number of carbonyl (C=O) groups is 1. The molecule has 0 saturated heterocycles. The molecule has 2 aromatic heterocycles. The van der Waals surface area contributed by atoms with Crippen LogP contribution in [0.5, 0.6) is 0 Å². The maximum atomic E-state index is 12.6. The molecule has 1 atom stereocenters. The van der Waals surface area contributed by atoms with Crippen molar-refractivity contribution in [3.05, 3.63) is 66.2 Å². The highest BCUT2D eigenvalue weighted by Gasteiger charge is 2.29. The highest BCUT2D eigenvalue weighted by molar-refractivity contribution is 5.78. The maximum absolute atomic E-state index is 12.6. The Bertz CT molecular complexity index is 875. The zero-order valence-corrected chi connectivity index (χ0v) is 14.0. The van der Waals surface area contributed by atoms with E-state index in [9.17, 15) is 4.79 Å². The Hall–Kier alpha value is -3.02. The van der Waals surface area contributed by atoms with Crippen LogP contribution in [0.4, 0.5) is 0 Å². The number of carbonyl (C=O) groups excluding carboxylic acids is 1. The Labute approximate surface area is 146 Å². The largest absolute Gasteiger partial charge is 0.333 e. The predicted molar refractivity (Wildman–Crippen MR) is 93.5 cm³/mol. The monoisotopic (exact) mass is 333 g/mol. The van der Waals surface area contributed by atoms with Crippen LogP contribution in [0, 0.1) is 0 Å². The van der Waals surface area contributed by atoms with Gasteiger partial charge in [0.1, 0.15) is 0 Å². The number of pyridine rings is 1. The second kappa shape index (κ2) is 6.47. The molecule has 1 aliphatic rings. The average Bonchev–Trinajstić information content (AvgIpc) is 3.08. The highest BCUT2D eigenvalue weighted by atomic mass is 16.2. The molecule has 0 bridgehead atoms. The molecule has 1 amide bonds. The van der Waals surface area contributed by atoms with Gasteiger partial charge in [-0.1, -0.05) is 36.4 Å². The number of hydrogen-bond acceptors (Lipinski definition) is 4. The van der Waals surface area contributed by atoms with Gasteiger partial charge < -0.3 is 9.47 Å². The van der Waals surface area contributed by atoms with Crippen molar-refractivity contribution in [1.82, 2.24) is 24.6 Å². The third kappa shape index (κ3) is 3.03. The normalized spacial score (nSPS) is 16.5. The van der Waals surface area contributed by atoms with Gasteiger partial charge in [-0.15, -0.1) is 10.2 Å². The molecule has 4 rings (SSSR count). The lowest BCUT2D eigenvalue weighted by Crippen LogP contribution is -2.41. The van der Waals surface area contributed by atoms with Gasteiger partial charge in [-0.3, -0.25) is 9.78 Å². The van der Waals surface area contributed by atoms with Crippen molar-refractivity contribution in [3.8, 4) is 11.4 Å². The lowest BCUT2D eigenvalue weighted by Gasteiger charge is -2.32. The number of hydrogen-bond donors (Lipinski definition) is 0. The lowest BCUT2D eigenvalue weighted by atomic mass is 10.1. The zero-order valence-electron chi connectivity index (χ0n) is 14.0. The van der Waals surface area contributed by atoms with Crippen LogP contribution in [0.2, 0.25) is 0 Å². The molecule has 3 heterocycles. The summed E-state index contributed by atoms with van der Waals surface area (Å²) in [5.41, 5.74) is 1.97. The first-order valence-electron chi connectivity index (χ1n) is 8.38. The molecule has 0 radical (unpaired) electrons. The van der Waals surface area contributed by atoms with Gasteiger partial charge in [0, 0.05) is 24.5 Å². The summed E-state index contributed by atoms with van der Waals surface area (Å²) in [5.74, 6) is 1.79. The molecule has 1 aromatic carbocycles. The Morgan fingerprint density at radius 2 is 2.00 bits per heavy atom. The molecule has 0 fully saturated rings. The first-order chi connectivity index (χ1) is 12.2. The van der Waals surface area contributed by atoms with E-state index >= 15 is 0 Å². The van der Waals surface area contributed by atoms with Crippen LogP contribution >= 0.6 is 0 Å². The smallest absolute Gasteiger partial charge is 0.227 e. The molecular weight excluding hydrogens is 314 g/mol. The Morgan fingerprint density at radius 1 is 1.16 bits per heavy atom. The van der Waals surface area contributed by atoms with Crippen LogP contribution in [-0.2, 0) is 17.8 Å². The van der Waals surface area contributed by atoms with Gasteiger partial charge in [0.2, 0.25) is 5.91 Å².